The van der Waals surface area contributed by atoms with E-state index in [1.54, 1.807) is 12.1 Å². The van der Waals surface area contributed by atoms with Gasteiger partial charge in [0.2, 0.25) is 10.0 Å². The first kappa shape index (κ1) is 13.3. The van der Waals surface area contributed by atoms with Gasteiger partial charge in [-0.15, -0.1) is 0 Å². The molecule has 1 atom stereocenters. The Hall–Kier alpha value is -1.14. The van der Waals surface area contributed by atoms with Crippen LogP contribution in [0.1, 0.15) is 33.1 Å². The molecule has 0 aliphatic heterocycles. The Balaban J connectivity index is 2.07. The summed E-state index contributed by atoms with van der Waals surface area (Å²) in [6.45, 7) is 3.78. The second kappa shape index (κ2) is 5.24. The highest BCUT2D eigenvalue weighted by atomic mass is 32.2. The summed E-state index contributed by atoms with van der Waals surface area (Å²) in [5.74, 6) is 0.736. The summed E-state index contributed by atoms with van der Waals surface area (Å²) in [5, 5.41) is 3.22. The van der Waals surface area contributed by atoms with Crippen molar-refractivity contribution in [3.8, 4) is 0 Å². The van der Waals surface area contributed by atoms with E-state index in [1.807, 2.05) is 13.8 Å². The van der Waals surface area contributed by atoms with Gasteiger partial charge in [-0.05, 0) is 38.3 Å². The molecule has 0 saturated heterocycles. The minimum absolute atomic E-state index is 0.0701. The largest absolute Gasteiger partial charge is 0.367 e. The third kappa shape index (κ3) is 3.43. The van der Waals surface area contributed by atoms with Crippen LogP contribution in [0.2, 0.25) is 0 Å². The third-order valence-electron chi connectivity index (χ3n) is 2.94. The summed E-state index contributed by atoms with van der Waals surface area (Å²) in [5.41, 5.74) is 0. The Morgan fingerprint density at radius 3 is 2.67 bits per heavy atom. The standard InChI is InChI=1S/C12H19N3O2S/c1-3-9(2)15-18(16,17)11-6-7-12(13-8-11)14-10-4-5-10/h6-10,15H,3-5H2,1-2H3,(H,13,14). The monoisotopic (exact) mass is 269 g/mol. The van der Waals surface area contributed by atoms with Crippen LogP contribution in [0.5, 0.6) is 0 Å². The molecule has 6 heteroatoms. The van der Waals surface area contributed by atoms with E-state index in [4.69, 9.17) is 0 Å². The van der Waals surface area contributed by atoms with E-state index in [9.17, 15) is 8.42 Å². The highest BCUT2D eigenvalue weighted by Gasteiger charge is 2.22. The van der Waals surface area contributed by atoms with Gasteiger partial charge < -0.3 is 5.32 Å². The molecule has 1 saturated carbocycles. The van der Waals surface area contributed by atoms with Crippen molar-refractivity contribution in [1.29, 1.82) is 0 Å². The van der Waals surface area contributed by atoms with Crippen molar-refractivity contribution in [2.75, 3.05) is 5.32 Å². The van der Waals surface area contributed by atoms with Crippen molar-refractivity contribution in [1.82, 2.24) is 9.71 Å². The molecule has 0 amide bonds. The van der Waals surface area contributed by atoms with Crippen molar-refractivity contribution in [3.05, 3.63) is 18.3 Å². The maximum absolute atomic E-state index is 12.0. The number of nitrogens with one attached hydrogen (secondary N) is 2. The molecule has 0 bridgehead atoms. The minimum Gasteiger partial charge on any atom is -0.367 e. The number of hydrogen-bond acceptors (Lipinski definition) is 4. The molecule has 18 heavy (non-hydrogen) atoms. The molecular weight excluding hydrogens is 250 g/mol. The van der Waals surface area contributed by atoms with Gasteiger partial charge in [0.15, 0.2) is 0 Å². The van der Waals surface area contributed by atoms with Crippen molar-refractivity contribution >= 4 is 15.8 Å². The molecule has 1 unspecified atom stereocenters. The van der Waals surface area contributed by atoms with Gasteiger partial charge in [-0.2, -0.15) is 0 Å². The fourth-order valence-electron chi connectivity index (χ4n) is 1.48. The van der Waals surface area contributed by atoms with E-state index < -0.39 is 10.0 Å². The zero-order chi connectivity index (χ0) is 13.2. The van der Waals surface area contributed by atoms with Crippen LogP contribution in [-0.2, 0) is 10.0 Å². The van der Waals surface area contributed by atoms with Gasteiger partial charge >= 0.3 is 0 Å². The molecule has 1 aromatic rings. The molecule has 0 spiro atoms. The number of sulfonamides is 1. The predicted molar refractivity (Wildman–Crippen MR) is 71.0 cm³/mol. The van der Waals surface area contributed by atoms with Crippen molar-refractivity contribution < 1.29 is 8.42 Å². The number of aromatic nitrogens is 1. The number of anilines is 1. The molecule has 1 aliphatic carbocycles. The Morgan fingerprint density at radius 2 is 2.17 bits per heavy atom. The molecule has 1 heterocycles. The van der Waals surface area contributed by atoms with Crippen LogP contribution in [0.4, 0.5) is 5.82 Å². The second-order valence-electron chi connectivity index (χ2n) is 4.73. The number of rotatable bonds is 6. The second-order valence-corrected chi connectivity index (χ2v) is 6.44. The fraction of sp³-hybridized carbons (Fsp3) is 0.583. The average molecular weight is 269 g/mol. The lowest BCUT2D eigenvalue weighted by molar-refractivity contribution is 0.555. The van der Waals surface area contributed by atoms with Crippen LogP contribution < -0.4 is 10.0 Å². The lowest BCUT2D eigenvalue weighted by atomic mass is 10.3. The molecule has 100 valence electrons. The average Bonchev–Trinajstić information content (AvgIpc) is 3.13. The summed E-state index contributed by atoms with van der Waals surface area (Å²) in [7, 11) is -3.44. The van der Waals surface area contributed by atoms with Gasteiger partial charge in [0.05, 0.1) is 0 Å². The molecule has 1 aromatic heterocycles. The summed E-state index contributed by atoms with van der Waals surface area (Å²) < 4.78 is 26.6. The van der Waals surface area contributed by atoms with Crippen LogP contribution in [0.3, 0.4) is 0 Å². The van der Waals surface area contributed by atoms with Crippen LogP contribution in [-0.4, -0.2) is 25.5 Å². The zero-order valence-corrected chi connectivity index (χ0v) is 11.5. The van der Waals surface area contributed by atoms with Crippen LogP contribution >= 0.6 is 0 Å². The first-order chi connectivity index (χ1) is 8.51. The topological polar surface area (TPSA) is 71.1 Å². The summed E-state index contributed by atoms with van der Waals surface area (Å²) in [4.78, 5) is 4.34. The molecule has 5 nitrogen and oxygen atoms in total. The Kier molecular flexibility index (Phi) is 3.87. The van der Waals surface area contributed by atoms with E-state index in [2.05, 4.69) is 15.0 Å². The van der Waals surface area contributed by atoms with Crippen molar-refractivity contribution in [2.24, 2.45) is 0 Å². The summed E-state index contributed by atoms with van der Waals surface area (Å²) in [6, 6.07) is 3.74. The molecule has 2 rings (SSSR count). The highest BCUT2D eigenvalue weighted by molar-refractivity contribution is 7.89. The maximum Gasteiger partial charge on any atom is 0.242 e. The van der Waals surface area contributed by atoms with Gasteiger partial charge in [0.25, 0.3) is 0 Å². The molecular formula is C12H19N3O2S. The predicted octanol–water partition coefficient (Wildman–Crippen LogP) is 1.73. The smallest absolute Gasteiger partial charge is 0.242 e. The van der Waals surface area contributed by atoms with Crippen LogP contribution in [0, 0.1) is 0 Å². The SMILES string of the molecule is CCC(C)NS(=O)(=O)c1ccc(NC2CC2)nc1. The zero-order valence-electron chi connectivity index (χ0n) is 10.7. The van der Waals surface area contributed by atoms with E-state index in [0.717, 1.165) is 25.1 Å². The Morgan fingerprint density at radius 1 is 1.44 bits per heavy atom. The van der Waals surface area contributed by atoms with E-state index in [-0.39, 0.29) is 10.9 Å². The quantitative estimate of drug-likeness (QED) is 0.825. The van der Waals surface area contributed by atoms with Gasteiger partial charge in [0.1, 0.15) is 10.7 Å². The number of pyridine rings is 1. The van der Waals surface area contributed by atoms with E-state index in [1.165, 1.54) is 6.20 Å². The van der Waals surface area contributed by atoms with Crippen molar-refractivity contribution in [2.45, 2.75) is 50.1 Å². The van der Waals surface area contributed by atoms with Gasteiger partial charge in [-0.3, -0.25) is 0 Å². The normalized spacial score (nSPS) is 17.4. The van der Waals surface area contributed by atoms with Crippen LogP contribution in [0.15, 0.2) is 23.2 Å². The van der Waals surface area contributed by atoms with Gasteiger partial charge in [-0.1, -0.05) is 6.92 Å². The summed E-state index contributed by atoms with van der Waals surface area (Å²) in [6.07, 6.45) is 4.48. The first-order valence-electron chi connectivity index (χ1n) is 6.26. The van der Waals surface area contributed by atoms with Gasteiger partial charge in [-0.25, -0.2) is 18.1 Å². The molecule has 0 radical (unpaired) electrons. The van der Waals surface area contributed by atoms with E-state index in [0.29, 0.717) is 6.04 Å². The molecule has 2 N–H and O–H groups in total. The number of nitrogens with zero attached hydrogens (tertiary/aromatic N) is 1. The fourth-order valence-corrected chi connectivity index (χ4v) is 2.75. The minimum atomic E-state index is -3.44. The molecule has 1 fully saturated rings. The lowest BCUT2D eigenvalue weighted by Crippen LogP contribution is -2.32. The van der Waals surface area contributed by atoms with Gasteiger partial charge in [0, 0.05) is 18.3 Å². The third-order valence-corrected chi connectivity index (χ3v) is 4.52. The lowest BCUT2D eigenvalue weighted by Gasteiger charge is -2.12. The Bertz CT molecular complexity index is 495. The molecule has 0 aromatic carbocycles. The van der Waals surface area contributed by atoms with Crippen molar-refractivity contribution in [3.63, 3.8) is 0 Å². The highest BCUT2D eigenvalue weighted by Crippen LogP contribution is 2.23. The Labute approximate surface area is 108 Å². The number of hydrogen-bond donors (Lipinski definition) is 2. The molecule has 1 aliphatic rings. The maximum atomic E-state index is 12.0. The van der Waals surface area contributed by atoms with Crippen LogP contribution in [0.25, 0.3) is 0 Å². The first-order valence-corrected chi connectivity index (χ1v) is 7.74. The summed E-state index contributed by atoms with van der Waals surface area (Å²) >= 11 is 0. The van der Waals surface area contributed by atoms with E-state index >= 15 is 0 Å².